The van der Waals surface area contributed by atoms with Crippen molar-refractivity contribution in [2.45, 2.75) is 34.1 Å². The number of nitrogens with one attached hydrogen (secondary N) is 2. The van der Waals surface area contributed by atoms with Gasteiger partial charge in [0.2, 0.25) is 5.91 Å². The second-order valence-electron chi connectivity index (χ2n) is 5.62. The normalized spacial score (nSPS) is 10.6. The van der Waals surface area contributed by atoms with Crippen LogP contribution in [0.3, 0.4) is 0 Å². The second-order valence-corrected chi connectivity index (χ2v) is 6.01. The quantitative estimate of drug-likeness (QED) is 0.643. The van der Waals surface area contributed by atoms with E-state index >= 15 is 0 Å². The summed E-state index contributed by atoms with van der Waals surface area (Å²) < 4.78 is 1.79. The number of nitrogens with zero attached hydrogens (tertiary/aromatic N) is 3. The van der Waals surface area contributed by atoms with Gasteiger partial charge in [0.05, 0.1) is 12.1 Å². The molecule has 0 spiro atoms. The summed E-state index contributed by atoms with van der Waals surface area (Å²) in [5, 5.41) is 9.47. The van der Waals surface area contributed by atoms with E-state index in [0.717, 1.165) is 23.5 Å². The third-order valence-electron chi connectivity index (χ3n) is 3.25. The van der Waals surface area contributed by atoms with Crippen LogP contribution in [0.15, 0.2) is 0 Å². The Kier molecular flexibility index (Phi) is 6.14. The van der Waals surface area contributed by atoms with Crippen LogP contribution in [0, 0.1) is 19.8 Å². The molecular weight excluding hydrogens is 286 g/mol. The fourth-order valence-electron chi connectivity index (χ4n) is 1.92. The van der Waals surface area contributed by atoms with Gasteiger partial charge < -0.3 is 5.32 Å². The number of carbonyl (C=O) groups excluding carboxylic acids is 1. The van der Waals surface area contributed by atoms with Crippen molar-refractivity contribution in [1.82, 2.24) is 25.5 Å². The Balaban J connectivity index is 2.55. The number of hydrazine groups is 1. The van der Waals surface area contributed by atoms with Crippen molar-refractivity contribution in [2.24, 2.45) is 13.0 Å². The molecule has 21 heavy (non-hydrogen) atoms. The molecule has 0 aromatic carbocycles. The predicted molar refractivity (Wildman–Crippen MR) is 87.7 cm³/mol. The summed E-state index contributed by atoms with van der Waals surface area (Å²) in [7, 11) is 3.61. The van der Waals surface area contributed by atoms with Crippen LogP contribution in [-0.2, 0) is 18.3 Å². The lowest BCUT2D eigenvalue weighted by Gasteiger charge is -2.22. The van der Waals surface area contributed by atoms with Crippen molar-refractivity contribution in [2.75, 3.05) is 13.6 Å². The van der Waals surface area contributed by atoms with E-state index in [9.17, 15) is 4.79 Å². The lowest BCUT2D eigenvalue weighted by Crippen LogP contribution is -2.49. The van der Waals surface area contributed by atoms with E-state index in [4.69, 9.17) is 12.2 Å². The summed E-state index contributed by atoms with van der Waals surface area (Å²) in [6.07, 6.45) is 0.294. The number of rotatable bonds is 4. The summed E-state index contributed by atoms with van der Waals surface area (Å²) in [6.45, 7) is 8.85. The topological polar surface area (TPSA) is 62.2 Å². The number of amides is 1. The minimum Gasteiger partial charge on any atom is -0.361 e. The number of carbonyl (C=O) groups is 1. The smallest absolute Gasteiger partial charge is 0.243 e. The molecule has 1 aromatic rings. The van der Waals surface area contributed by atoms with E-state index in [0.29, 0.717) is 17.5 Å². The van der Waals surface area contributed by atoms with Crippen LogP contribution in [0.1, 0.15) is 30.8 Å². The molecule has 0 bridgehead atoms. The first-order valence-electron chi connectivity index (χ1n) is 7.02. The Morgan fingerprint density at radius 2 is 2.05 bits per heavy atom. The maximum absolute atomic E-state index is 12.1. The average molecular weight is 311 g/mol. The largest absolute Gasteiger partial charge is 0.361 e. The monoisotopic (exact) mass is 311 g/mol. The fraction of sp³-hybridized carbons (Fsp3) is 0.643. The zero-order valence-corrected chi connectivity index (χ0v) is 14.5. The lowest BCUT2D eigenvalue weighted by molar-refractivity contribution is -0.123. The Labute approximate surface area is 131 Å². The summed E-state index contributed by atoms with van der Waals surface area (Å²) in [5.74, 6) is 0.387. The lowest BCUT2D eigenvalue weighted by atomic mass is 10.1. The van der Waals surface area contributed by atoms with E-state index in [-0.39, 0.29) is 5.91 Å². The van der Waals surface area contributed by atoms with Crippen LogP contribution in [0.2, 0.25) is 0 Å². The maximum Gasteiger partial charge on any atom is 0.243 e. The number of aromatic nitrogens is 2. The Hall–Kier alpha value is -1.63. The van der Waals surface area contributed by atoms with Crippen molar-refractivity contribution in [3.05, 3.63) is 17.0 Å². The molecular formula is C14H25N5OS. The fourth-order valence-corrected chi connectivity index (χ4v) is 2.05. The molecule has 0 radical (unpaired) electrons. The number of hydrogen-bond acceptors (Lipinski definition) is 3. The van der Waals surface area contributed by atoms with Gasteiger partial charge in [-0.05, 0) is 32.0 Å². The summed E-state index contributed by atoms with van der Waals surface area (Å²) >= 11 is 5.22. The van der Waals surface area contributed by atoms with Gasteiger partial charge in [0.25, 0.3) is 0 Å². The van der Waals surface area contributed by atoms with Crippen LogP contribution in [0.5, 0.6) is 0 Å². The van der Waals surface area contributed by atoms with Gasteiger partial charge in [-0.2, -0.15) is 5.10 Å². The molecule has 0 saturated heterocycles. The first-order chi connectivity index (χ1) is 9.72. The van der Waals surface area contributed by atoms with Gasteiger partial charge in [-0.15, -0.1) is 0 Å². The molecule has 1 amide bonds. The van der Waals surface area contributed by atoms with Crippen LogP contribution in [-0.4, -0.2) is 39.4 Å². The van der Waals surface area contributed by atoms with Crippen LogP contribution in [0.4, 0.5) is 0 Å². The number of thiocarbonyl (C=S) groups is 1. The maximum atomic E-state index is 12.1. The molecule has 0 saturated carbocycles. The predicted octanol–water partition coefficient (Wildman–Crippen LogP) is 1.07. The Morgan fingerprint density at radius 3 is 2.52 bits per heavy atom. The van der Waals surface area contributed by atoms with Crippen molar-refractivity contribution in [3.8, 4) is 0 Å². The zero-order valence-electron chi connectivity index (χ0n) is 13.6. The van der Waals surface area contributed by atoms with Crippen LogP contribution >= 0.6 is 12.2 Å². The van der Waals surface area contributed by atoms with Gasteiger partial charge in [0, 0.05) is 31.9 Å². The van der Waals surface area contributed by atoms with Gasteiger partial charge in [0.1, 0.15) is 0 Å². The van der Waals surface area contributed by atoms with E-state index in [1.165, 1.54) is 0 Å². The highest BCUT2D eigenvalue weighted by molar-refractivity contribution is 7.80. The molecule has 118 valence electrons. The molecule has 2 N–H and O–H groups in total. The standard InChI is InChI=1S/C14H25N5OS/c1-9(2)8-15-14(21)19(6)17-13(20)7-12-10(3)16-18(5)11(12)4/h9H,7-8H2,1-6H3,(H,15,21)(H,17,20). The van der Waals surface area contributed by atoms with Gasteiger partial charge in [-0.3, -0.25) is 19.9 Å². The van der Waals surface area contributed by atoms with Gasteiger partial charge in [0.15, 0.2) is 5.11 Å². The number of hydrogen-bond donors (Lipinski definition) is 2. The zero-order chi connectivity index (χ0) is 16.2. The molecule has 1 heterocycles. The molecule has 0 aliphatic heterocycles. The molecule has 6 nitrogen and oxygen atoms in total. The van der Waals surface area contributed by atoms with E-state index in [1.54, 1.807) is 16.7 Å². The molecule has 1 aromatic heterocycles. The highest BCUT2D eigenvalue weighted by atomic mass is 32.1. The van der Waals surface area contributed by atoms with Gasteiger partial charge >= 0.3 is 0 Å². The molecule has 7 heteroatoms. The second kappa shape index (κ2) is 7.40. The highest BCUT2D eigenvalue weighted by Crippen LogP contribution is 2.12. The van der Waals surface area contributed by atoms with Gasteiger partial charge in [-0.25, -0.2) is 0 Å². The van der Waals surface area contributed by atoms with Crippen LogP contribution in [0.25, 0.3) is 0 Å². The van der Waals surface area contributed by atoms with Crippen molar-refractivity contribution in [1.29, 1.82) is 0 Å². The van der Waals surface area contributed by atoms with E-state index in [1.807, 2.05) is 20.9 Å². The number of aryl methyl sites for hydroxylation is 2. The minimum atomic E-state index is -0.106. The van der Waals surface area contributed by atoms with Crippen molar-refractivity contribution in [3.63, 3.8) is 0 Å². The molecule has 0 aliphatic rings. The van der Waals surface area contributed by atoms with E-state index in [2.05, 4.69) is 29.7 Å². The average Bonchev–Trinajstić information content (AvgIpc) is 2.62. The first kappa shape index (κ1) is 17.4. The highest BCUT2D eigenvalue weighted by Gasteiger charge is 2.15. The summed E-state index contributed by atoms with van der Waals surface area (Å²) in [6, 6.07) is 0. The third kappa shape index (κ3) is 5.00. The Morgan fingerprint density at radius 1 is 1.43 bits per heavy atom. The molecule has 0 unspecified atom stereocenters. The van der Waals surface area contributed by atoms with Gasteiger partial charge in [-0.1, -0.05) is 13.8 Å². The third-order valence-corrected chi connectivity index (χ3v) is 3.67. The first-order valence-corrected chi connectivity index (χ1v) is 7.43. The van der Waals surface area contributed by atoms with Crippen LogP contribution < -0.4 is 10.7 Å². The Bertz CT molecular complexity index is 524. The van der Waals surface area contributed by atoms with Crippen molar-refractivity contribution < 1.29 is 4.79 Å². The molecule has 0 fully saturated rings. The van der Waals surface area contributed by atoms with E-state index < -0.39 is 0 Å². The molecule has 1 rings (SSSR count). The SMILES string of the molecule is Cc1nn(C)c(C)c1CC(=O)NN(C)C(=S)NCC(C)C. The van der Waals surface area contributed by atoms with Crippen molar-refractivity contribution >= 4 is 23.2 Å². The molecule has 0 aliphatic carbocycles. The summed E-state index contributed by atoms with van der Waals surface area (Å²) in [5.41, 5.74) is 5.62. The summed E-state index contributed by atoms with van der Waals surface area (Å²) in [4.78, 5) is 12.1. The minimum absolute atomic E-state index is 0.106. The molecule has 0 atom stereocenters.